The normalized spacial score (nSPS) is 11.9. The third-order valence-electron chi connectivity index (χ3n) is 1.82. The SMILES string of the molecule is CC(C)C(=O)c1cccc(C(F)(F)F)n1. The summed E-state index contributed by atoms with van der Waals surface area (Å²) in [5.74, 6) is -0.748. The van der Waals surface area contributed by atoms with Crippen LogP contribution in [-0.2, 0) is 6.18 Å². The summed E-state index contributed by atoms with van der Waals surface area (Å²) in [4.78, 5) is 14.7. The van der Waals surface area contributed by atoms with Crippen LogP contribution in [0.25, 0.3) is 0 Å². The monoisotopic (exact) mass is 217 g/mol. The van der Waals surface area contributed by atoms with Crippen LogP contribution in [0.2, 0.25) is 0 Å². The van der Waals surface area contributed by atoms with Gasteiger partial charge in [0.25, 0.3) is 0 Å². The van der Waals surface area contributed by atoms with E-state index in [1.165, 1.54) is 12.1 Å². The Hall–Kier alpha value is -1.39. The average Bonchev–Trinajstić information content (AvgIpc) is 2.15. The zero-order valence-electron chi connectivity index (χ0n) is 8.30. The van der Waals surface area contributed by atoms with Gasteiger partial charge in [-0.1, -0.05) is 19.9 Å². The molecule has 1 rings (SSSR count). The molecule has 1 aromatic heterocycles. The number of rotatable bonds is 2. The zero-order chi connectivity index (χ0) is 11.6. The third-order valence-corrected chi connectivity index (χ3v) is 1.82. The quantitative estimate of drug-likeness (QED) is 0.713. The largest absolute Gasteiger partial charge is 0.433 e. The average molecular weight is 217 g/mol. The van der Waals surface area contributed by atoms with Crippen molar-refractivity contribution in [2.24, 2.45) is 5.92 Å². The van der Waals surface area contributed by atoms with Crippen LogP contribution in [0.1, 0.15) is 30.0 Å². The number of nitrogens with zero attached hydrogens (tertiary/aromatic N) is 1. The number of carbonyl (C=O) groups is 1. The van der Waals surface area contributed by atoms with Gasteiger partial charge in [-0.05, 0) is 12.1 Å². The Kier molecular flexibility index (Phi) is 3.12. The Balaban J connectivity index is 3.09. The second-order valence-electron chi connectivity index (χ2n) is 3.42. The molecule has 0 unspecified atom stereocenters. The molecule has 0 aliphatic carbocycles. The number of hydrogen-bond donors (Lipinski definition) is 0. The molecule has 0 spiro atoms. The number of ketones is 1. The fourth-order valence-corrected chi connectivity index (χ4v) is 1.03. The number of pyridine rings is 1. The molecule has 0 bridgehead atoms. The molecule has 0 fully saturated rings. The summed E-state index contributed by atoms with van der Waals surface area (Å²) in [6.07, 6.45) is -4.51. The van der Waals surface area contributed by atoms with E-state index in [4.69, 9.17) is 0 Å². The van der Waals surface area contributed by atoms with Gasteiger partial charge in [-0.15, -0.1) is 0 Å². The Morgan fingerprint density at radius 3 is 2.40 bits per heavy atom. The van der Waals surface area contributed by atoms with E-state index >= 15 is 0 Å². The Morgan fingerprint density at radius 2 is 1.93 bits per heavy atom. The van der Waals surface area contributed by atoms with Gasteiger partial charge in [-0.25, -0.2) is 4.98 Å². The van der Waals surface area contributed by atoms with Crippen molar-refractivity contribution in [2.45, 2.75) is 20.0 Å². The lowest BCUT2D eigenvalue weighted by Gasteiger charge is -2.08. The van der Waals surface area contributed by atoms with Crippen molar-refractivity contribution in [3.8, 4) is 0 Å². The molecule has 15 heavy (non-hydrogen) atoms. The van der Waals surface area contributed by atoms with E-state index in [0.717, 1.165) is 6.07 Å². The second-order valence-corrected chi connectivity index (χ2v) is 3.42. The van der Waals surface area contributed by atoms with Gasteiger partial charge in [-0.2, -0.15) is 13.2 Å². The maximum atomic E-state index is 12.3. The van der Waals surface area contributed by atoms with Crippen molar-refractivity contribution in [2.75, 3.05) is 0 Å². The lowest BCUT2D eigenvalue weighted by Crippen LogP contribution is -2.14. The molecule has 0 aromatic carbocycles. The van der Waals surface area contributed by atoms with Gasteiger partial charge in [-0.3, -0.25) is 4.79 Å². The number of Topliss-reactive ketones (excluding diaryl/α,β-unsaturated/α-hetero) is 1. The van der Waals surface area contributed by atoms with Crippen LogP contribution in [-0.4, -0.2) is 10.8 Å². The topological polar surface area (TPSA) is 30.0 Å². The summed E-state index contributed by atoms with van der Waals surface area (Å²) in [5, 5.41) is 0. The number of alkyl halides is 3. The predicted molar refractivity (Wildman–Crippen MR) is 48.4 cm³/mol. The molecule has 0 N–H and O–H groups in total. The van der Waals surface area contributed by atoms with E-state index in [1.807, 2.05) is 0 Å². The molecule has 2 nitrogen and oxygen atoms in total. The molecule has 0 aliphatic heterocycles. The Labute approximate surface area is 85.1 Å². The molecule has 1 aromatic rings. The molecular weight excluding hydrogens is 207 g/mol. The lowest BCUT2D eigenvalue weighted by atomic mass is 10.1. The van der Waals surface area contributed by atoms with E-state index in [0.29, 0.717) is 0 Å². The second kappa shape index (κ2) is 4.00. The van der Waals surface area contributed by atoms with Gasteiger partial charge in [0, 0.05) is 5.92 Å². The van der Waals surface area contributed by atoms with E-state index in [9.17, 15) is 18.0 Å². The van der Waals surface area contributed by atoms with Crippen LogP contribution < -0.4 is 0 Å². The van der Waals surface area contributed by atoms with Crippen molar-refractivity contribution in [1.29, 1.82) is 0 Å². The first-order chi connectivity index (χ1) is 6.82. The van der Waals surface area contributed by atoms with Crippen molar-refractivity contribution in [3.05, 3.63) is 29.6 Å². The van der Waals surface area contributed by atoms with Crippen LogP contribution in [0.4, 0.5) is 13.2 Å². The summed E-state index contributed by atoms with van der Waals surface area (Å²) in [5.41, 5.74) is -1.17. The van der Waals surface area contributed by atoms with Gasteiger partial charge >= 0.3 is 6.18 Å². The molecule has 82 valence electrons. The number of aromatic nitrogens is 1. The molecule has 0 radical (unpaired) electrons. The van der Waals surface area contributed by atoms with Gasteiger partial charge in [0.2, 0.25) is 0 Å². The van der Waals surface area contributed by atoms with E-state index in [1.54, 1.807) is 13.8 Å². The standard InChI is InChI=1S/C10H10F3NO/c1-6(2)9(15)7-4-3-5-8(14-7)10(11,12)13/h3-6H,1-2H3. The fraction of sp³-hybridized carbons (Fsp3) is 0.400. The zero-order valence-corrected chi connectivity index (χ0v) is 8.30. The first-order valence-corrected chi connectivity index (χ1v) is 4.41. The third kappa shape index (κ3) is 2.78. The van der Waals surface area contributed by atoms with Crippen molar-refractivity contribution >= 4 is 5.78 Å². The van der Waals surface area contributed by atoms with Crippen LogP contribution in [0.5, 0.6) is 0 Å². The molecule has 1 heterocycles. The van der Waals surface area contributed by atoms with Gasteiger partial charge in [0.15, 0.2) is 5.78 Å². The first-order valence-electron chi connectivity index (χ1n) is 4.41. The number of halogens is 3. The highest BCUT2D eigenvalue weighted by molar-refractivity contribution is 5.95. The molecule has 0 atom stereocenters. The van der Waals surface area contributed by atoms with E-state index in [2.05, 4.69) is 4.98 Å². The van der Waals surface area contributed by atoms with Gasteiger partial charge in [0.05, 0.1) is 0 Å². The van der Waals surface area contributed by atoms with Gasteiger partial charge < -0.3 is 0 Å². The van der Waals surface area contributed by atoms with Crippen LogP contribution in [0, 0.1) is 5.92 Å². The van der Waals surface area contributed by atoms with Crippen molar-refractivity contribution in [3.63, 3.8) is 0 Å². The minimum Gasteiger partial charge on any atom is -0.292 e. The Morgan fingerprint density at radius 1 is 1.33 bits per heavy atom. The molecule has 0 amide bonds. The summed E-state index contributed by atoms with van der Waals surface area (Å²) >= 11 is 0. The smallest absolute Gasteiger partial charge is 0.292 e. The van der Waals surface area contributed by atoms with Crippen molar-refractivity contribution in [1.82, 2.24) is 4.98 Å². The van der Waals surface area contributed by atoms with Crippen LogP contribution in [0.3, 0.4) is 0 Å². The molecule has 0 aliphatic rings. The van der Waals surface area contributed by atoms with Crippen LogP contribution in [0.15, 0.2) is 18.2 Å². The van der Waals surface area contributed by atoms with E-state index < -0.39 is 11.9 Å². The molecule has 0 saturated heterocycles. The molecular formula is C10H10F3NO. The maximum absolute atomic E-state index is 12.3. The minimum atomic E-state index is -4.51. The summed E-state index contributed by atoms with van der Waals surface area (Å²) in [7, 11) is 0. The molecule has 5 heteroatoms. The number of carbonyl (C=O) groups excluding carboxylic acids is 1. The summed E-state index contributed by atoms with van der Waals surface area (Å²) < 4.78 is 36.8. The lowest BCUT2D eigenvalue weighted by molar-refractivity contribution is -0.141. The van der Waals surface area contributed by atoms with E-state index in [-0.39, 0.29) is 17.4 Å². The summed E-state index contributed by atoms with van der Waals surface area (Å²) in [6.45, 7) is 3.23. The fourth-order valence-electron chi connectivity index (χ4n) is 1.03. The Bertz CT molecular complexity index is 371. The van der Waals surface area contributed by atoms with Gasteiger partial charge in [0.1, 0.15) is 11.4 Å². The highest BCUT2D eigenvalue weighted by atomic mass is 19.4. The molecule has 0 saturated carbocycles. The predicted octanol–water partition coefficient (Wildman–Crippen LogP) is 2.94. The maximum Gasteiger partial charge on any atom is 0.433 e. The first kappa shape index (κ1) is 11.7. The summed E-state index contributed by atoms with van der Waals surface area (Å²) in [6, 6.07) is 3.32. The van der Waals surface area contributed by atoms with Crippen molar-refractivity contribution < 1.29 is 18.0 Å². The minimum absolute atomic E-state index is 0.139. The highest BCUT2D eigenvalue weighted by Gasteiger charge is 2.32. The van der Waals surface area contributed by atoms with Crippen LogP contribution >= 0.6 is 0 Å². The highest BCUT2D eigenvalue weighted by Crippen LogP contribution is 2.27. The number of hydrogen-bond acceptors (Lipinski definition) is 2.